The molecule has 1 nitrogen and oxygen atoms in total. The van der Waals surface area contributed by atoms with Gasteiger partial charge < -0.3 is 5.11 Å². The summed E-state index contributed by atoms with van der Waals surface area (Å²) in [6, 6.07) is 18.4. The number of aliphatic hydroxyl groups is 1. The van der Waals surface area contributed by atoms with Crippen LogP contribution in [0.5, 0.6) is 0 Å². The van der Waals surface area contributed by atoms with Crippen molar-refractivity contribution < 1.29 is 5.11 Å². The van der Waals surface area contributed by atoms with Gasteiger partial charge in [-0.1, -0.05) is 42.5 Å². The topological polar surface area (TPSA) is 20.2 Å². The highest BCUT2D eigenvalue weighted by atomic mass is 32.1. The second kappa shape index (κ2) is 4.48. The Morgan fingerprint density at radius 1 is 0.947 bits per heavy atom. The van der Waals surface area contributed by atoms with E-state index >= 15 is 0 Å². The molecule has 0 fully saturated rings. The Kier molecular flexibility index (Phi) is 2.92. The van der Waals surface area contributed by atoms with Gasteiger partial charge in [0.25, 0.3) is 0 Å². The van der Waals surface area contributed by atoms with Gasteiger partial charge >= 0.3 is 0 Å². The molecule has 0 aliphatic rings. The van der Waals surface area contributed by atoms with Crippen LogP contribution in [0.3, 0.4) is 0 Å². The van der Waals surface area contributed by atoms with Crippen LogP contribution in [0.2, 0.25) is 0 Å². The maximum Gasteiger partial charge on any atom is 0.121 e. The summed E-state index contributed by atoms with van der Waals surface area (Å²) in [5.74, 6) is 0. The number of aryl methyl sites for hydroxylation is 1. The molecule has 1 heterocycles. The second-order valence-corrected chi connectivity index (χ2v) is 6.30. The highest BCUT2D eigenvalue weighted by molar-refractivity contribution is 7.12. The highest BCUT2D eigenvalue weighted by Gasteiger charge is 2.28. The van der Waals surface area contributed by atoms with E-state index in [0.29, 0.717) is 0 Å². The minimum Gasteiger partial charge on any atom is -0.380 e. The number of hydrogen-bond donors (Lipinski definition) is 1. The molecule has 2 aromatic carbocycles. The molecule has 0 saturated carbocycles. The Morgan fingerprint density at radius 2 is 1.68 bits per heavy atom. The van der Waals surface area contributed by atoms with Gasteiger partial charge in [-0.25, -0.2) is 0 Å². The number of rotatable bonds is 2. The van der Waals surface area contributed by atoms with Crippen LogP contribution in [-0.4, -0.2) is 5.11 Å². The van der Waals surface area contributed by atoms with Crippen molar-refractivity contribution in [2.75, 3.05) is 0 Å². The summed E-state index contributed by atoms with van der Waals surface area (Å²) in [4.78, 5) is 2.21. The molecule has 2 heteroatoms. The van der Waals surface area contributed by atoms with E-state index in [1.807, 2.05) is 37.3 Å². The molecular formula is C17H16OS. The highest BCUT2D eigenvalue weighted by Crippen LogP contribution is 2.37. The molecule has 19 heavy (non-hydrogen) atoms. The fraction of sp³-hybridized carbons (Fsp3) is 0.176. The van der Waals surface area contributed by atoms with Crippen molar-refractivity contribution in [3.05, 3.63) is 69.9 Å². The average molecular weight is 268 g/mol. The molecule has 0 bridgehead atoms. The lowest BCUT2D eigenvalue weighted by atomic mass is 9.90. The fourth-order valence-corrected chi connectivity index (χ4v) is 3.41. The van der Waals surface area contributed by atoms with Gasteiger partial charge in [0.2, 0.25) is 0 Å². The Bertz CT molecular complexity index is 719. The summed E-state index contributed by atoms with van der Waals surface area (Å²) in [7, 11) is 0. The van der Waals surface area contributed by atoms with Crippen LogP contribution in [0.25, 0.3) is 10.8 Å². The summed E-state index contributed by atoms with van der Waals surface area (Å²) in [6.45, 7) is 3.94. The Labute approximate surface area is 117 Å². The minimum absolute atomic E-state index is 0.945. The van der Waals surface area contributed by atoms with Gasteiger partial charge in [-0.05, 0) is 42.3 Å². The smallest absolute Gasteiger partial charge is 0.121 e. The van der Waals surface area contributed by atoms with E-state index in [4.69, 9.17) is 0 Å². The molecule has 1 atom stereocenters. The Balaban J connectivity index is 2.23. The van der Waals surface area contributed by atoms with Gasteiger partial charge in [-0.3, -0.25) is 0 Å². The molecule has 3 aromatic rings. The SMILES string of the molecule is Cc1ccc(C(C)(O)c2cccc3ccccc23)s1. The van der Waals surface area contributed by atoms with Crippen LogP contribution < -0.4 is 0 Å². The molecule has 1 N–H and O–H groups in total. The van der Waals surface area contributed by atoms with Crippen LogP contribution >= 0.6 is 11.3 Å². The first-order chi connectivity index (χ1) is 9.09. The molecule has 0 amide bonds. The third-order valence-corrected chi connectivity index (χ3v) is 4.75. The zero-order valence-electron chi connectivity index (χ0n) is 11.1. The standard InChI is InChI=1S/C17H16OS/c1-12-10-11-16(19-12)17(2,18)15-9-5-7-13-6-3-4-8-14(13)15/h3-11,18H,1-2H3. The van der Waals surface area contributed by atoms with Gasteiger partial charge in [0.15, 0.2) is 0 Å². The zero-order chi connectivity index (χ0) is 13.5. The average Bonchev–Trinajstić information content (AvgIpc) is 2.85. The largest absolute Gasteiger partial charge is 0.380 e. The summed E-state index contributed by atoms with van der Waals surface area (Å²) in [5.41, 5.74) is 0.0206. The molecule has 96 valence electrons. The molecule has 0 spiro atoms. The first-order valence-corrected chi connectivity index (χ1v) is 7.18. The first-order valence-electron chi connectivity index (χ1n) is 6.36. The van der Waals surface area contributed by atoms with Gasteiger partial charge in [-0.2, -0.15) is 0 Å². The van der Waals surface area contributed by atoms with E-state index in [9.17, 15) is 5.11 Å². The van der Waals surface area contributed by atoms with Crippen molar-refractivity contribution in [2.24, 2.45) is 0 Å². The predicted octanol–water partition coefficient (Wildman–Crippen LogP) is 4.47. The molecule has 1 aromatic heterocycles. The molecule has 0 aliphatic heterocycles. The number of benzene rings is 2. The number of thiophene rings is 1. The minimum atomic E-state index is -0.945. The van der Waals surface area contributed by atoms with E-state index in [2.05, 4.69) is 31.2 Å². The lowest BCUT2D eigenvalue weighted by Gasteiger charge is -2.24. The molecular weight excluding hydrogens is 252 g/mol. The molecule has 0 radical (unpaired) electrons. The number of fused-ring (bicyclic) bond motifs is 1. The second-order valence-electron chi connectivity index (χ2n) is 5.01. The van der Waals surface area contributed by atoms with Gasteiger partial charge in [0, 0.05) is 9.75 Å². The van der Waals surface area contributed by atoms with E-state index in [1.165, 1.54) is 4.88 Å². The van der Waals surface area contributed by atoms with Crippen molar-refractivity contribution in [3.63, 3.8) is 0 Å². The molecule has 0 aliphatic carbocycles. The van der Waals surface area contributed by atoms with Crippen molar-refractivity contribution in [1.82, 2.24) is 0 Å². The van der Waals surface area contributed by atoms with Crippen LogP contribution in [-0.2, 0) is 5.60 Å². The van der Waals surface area contributed by atoms with Gasteiger partial charge in [0.1, 0.15) is 5.60 Å². The fourth-order valence-electron chi connectivity index (χ4n) is 2.48. The lowest BCUT2D eigenvalue weighted by Crippen LogP contribution is -2.21. The van der Waals surface area contributed by atoms with E-state index < -0.39 is 5.60 Å². The Morgan fingerprint density at radius 3 is 2.42 bits per heavy atom. The predicted molar refractivity (Wildman–Crippen MR) is 81.7 cm³/mol. The summed E-state index contributed by atoms with van der Waals surface area (Å²) in [6.07, 6.45) is 0. The molecule has 0 saturated heterocycles. The Hall–Kier alpha value is -1.64. The quantitative estimate of drug-likeness (QED) is 0.727. The van der Waals surface area contributed by atoms with E-state index in [1.54, 1.807) is 11.3 Å². The zero-order valence-corrected chi connectivity index (χ0v) is 11.9. The summed E-state index contributed by atoms with van der Waals surface area (Å²) >= 11 is 1.65. The summed E-state index contributed by atoms with van der Waals surface area (Å²) in [5, 5.41) is 13.3. The maximum absolute atomic E-state index is 11.0. The van der Waals surface area contributed by atoms with E-state index in [0.717, 1.165) is 21.2 Å². The first kappa shape index (κ1) is 12.4. The lowest BCUT2D eigenvalue weighted by molar-refractivity contribution is 0.108. The third-order valence-electron chi connectivity index (χ3n) is 3.53. The van der Waals surface area contributed by atoms with Crippen molar-refractivity contribution in [2.45, 2.75) is 19.4 Å². The summed E-state index contributed by atoms with van der Waals surface area (Å²) < 4.78 is 0. The normalized spacial score (nSPS) is 14.5. The van der Waals surface area contributed by atoms with Crippen molar-refractivity contribution in [1.29, 1.82) is 0 Å². The van der Waals surface area contributed by atoms with Crippen molar-refractivity contribution >= 4 is 22.1 Å². The number of hydrogen-bond acceptors (Lipinski definition) is 2. The van der Waals surface area contributed by atoms with Crippen LogP contribution in [0.15, 0.2) is 54.6 Å². The third kappa shape index (κ3) is 2.07. The van der Waals surface area contributed by atoms with Gasteiger partial charge in [-0.15, -0.1) is 11.3 Å². The van der Waals surface area contributed by atoms with E-state index in [-0.39, 0.29) is 0 Å². The maximum atomic E-state index is 11.0. The van der Waals surface area contributed by atoms with Gasteiger partial charge in [0.05, 0.1) is 0 Å². The molecule has 3 rings (SSSR count). The van der Waals surface area contributed by atoms with Crippen LogP contribution in [0.4, 0.5) is 0 Å². The van der Waals surface area contributed by atoms with Crippen LogP contribution in [0.1, 0.15) is 22.2 Å². The van der Waals surface area contributed by atoms with Crippen LogP contribution in [0, 0.1) is 6.92 Å². The monoisotopic (exact) mass is 268 g/mol. The van der Waals surface area contributed by atoms with Crippen molar-refractivity contribution in [3.8, 4) is 0 Å². The molecule has 1 unspecified atom stereocenters.